The van der Waals surface area contributed by atoms with Gasteiger partial charge in [0.25, 0.3) is 0 Å². The fraction of sp³-hybridized carbons (Fsp3) is 1.00. The lowest BCUT2D eigenvalue weighted by Crippen LogP contribution is -2.20. The van der Waals surface area contributed by atoms with E-state index in [1.54, 1.807) is 0 Å². The summed E-state index contributed by atoms with van der Waals surface area (Å²) in [5, 5.41) is 3.48. The fourth-order valence-electron chi connectivity index (χ4n) is 1.96. The van der Waals surface area contributed by atoms with Crippen molar-refractivity contribution in [1.82, 2.24) is 5.32 Å². The molecule has 17 heavy (non-hydrogen) atoms. The zero-order valence-electron chi connectivity index (χ0n) is 11.8. The van der Waals surface area contributed by atoms with Crippen LogP contribution >= 0.6 is 0 Å². The van der Waals surface area contributed by atoms with Gasteiger partial charge in [-0.1, -0.05) is 39.5 Å². The van der Waals surface area contributed by atoms with Gasteiger partial charge in [0.2, 0.25) is 0 Å². The normalized spacial score (nSPS) is 15.7. The second-order valence-corrected chi connectivity index (χ2v) is 5.86. The first-order valence-corrected chi connectivity index (χ1v) is 7.57. The van der Waals surface area contributed by atoms with Crippen molar-refractivity contribution in [2.75, 3.05) is 26.3 Å². The molecule has 1 aliphatic carbocycles. The van der Waals surface area contributed by atoms with Crippen LogP contribution in [0.25, 0.3) is 0 Å². The Bertz CT molecular complexity index is 156. The summed E-state index contributed by atoms with van der Waals surface area (Å²) >= 11 is 0. The Balaban J connectivity index is 1.63. The molecule has 0 unspecified atom stereocenters. The fourth-order valence-corrected chi connectivity index (χ4v) is 1.96. The first-order chi connectivity index (χ1) is 8.29. The molecular weight excluding hydrogens is 210 g/mol. The van der Waals surface area contributed by atoms with E-state index in [1.807, 2.05) is 0 Å². The largest absolute Gasteiger partial charge is 0.381 e. The molecule has 102 valence electrons. The number of nitrogens with one attached hydrogen (secondary N) is 1. The van der Waals surface area contributed by atoms with Crippen LogP contribution in [0.3, 0.4) is 0 Å². The Morgan fingerprint density at radius 1 is 1.06 bits per heavy atom. The second kappa shape index (κ2) is 9.90. The Morgan fingerprint density at radius 3 is 2.53 bits per heavy atom. The summed E-state index contributed by atoms with van der Waals surface area (Å²) in [6.07, 6.45) is 9.44. The lowest BCUT2D eigenvalue weighted by molar-refractivity contribution is 0.124. The molecule has 1 aliphatic rings. The first-order valence-electron chi connectivity index (χ1n) is 7.57. The third-order valence-corrected chi connectivity index (χ3v) is 3.31. The van der Waals surface area contributed by atoms with Crippen LogP contribution in [0.15, 0.2) is 0 Å². The molecule has 2 nitrogen and oxygen atoms in total. The molecule has 0 heterocycles. The zero-order valence-corrected chi connectivity index (χ0v) is 11.8. The summed E-state index contributed by atoms with van der Waals surface area (Å²) in [7, 11) is 0. The number of unbranched alkanes of at least 4 members (excludes halogenated alkanes) is 3. The van der Waals surface area contributed by atoms with Crippen LogP contribution in [0.2, 0.25) is 0 Å². The van der Waals surface area contributed by atoms with E-state index in [0.29, 0.717) is 0 Å². The SMILES string of the molecule is CC(C)CNCCCCCCOCCC1CC1. The molecule has 0 aromatic heterocycles. The molecule has 0 bridgehead atoms. The molecule has 1 fully saturated rings. The Morgan fingerprint density at radius 2 is 1.82 bits per heavy atom. The number of hydrogen-bond acceptors (Lipinski definition) is 2. The van der Waals surface area contributed by atoms with E-state index in [-0.39, 0.29) is 0 Å². The Labute approximate surface area is 108 Å². The zero-order chi connectivity index (χ0) is 12.3. The highest BCUT2D eigenvalue weighted by Crippen LogP contribution is 2.32. The molecule has 0 saturated heterocycles. The van der Waals surface area contributed by atoms with Gasteiger partial charge in [-0.15, -0.1) is 0 Å². The van der Waals surface area contributed by atoms with Crippen molar-refractivity contribution < 1.29 is 4.74 Å². The van der Waals surface area contributed by atoms with E-state index in [2.05, 4.69) is 19.2 Å². The summed E-state index contributed by atoms with van der Waals surface area (Å²) in [5.74, 6) is 1.79. The Hall–Kier alpha value is -0.0800. The summed E-state index contributed by atoms with van der Waals surface area (Å²) in [6, 6.07) is 0. The van der Waals surface area contributed by atoms with Crippen molar-refractivity contribution in [3.8, 4) is 0 Å². The van der Waals surface area contributed by atoms with E-state index in [1.165, 1.54) is 51.5 Å². The predicted octanol–water partition coefficient (Wildman–Crippen LogP) is 3.61. The van der Waals surface area contributed by atoms with Crippen molar-refractivity contribution in [3.05, 3.63) is 0 Å². The molecule has 1 saturated carbocycles. The maximum absolute atomic E-state index is 5.63. The maximum atomic E-state index is 5.63. The lowest BCUT2D eigenvalue weighted by Gasteiger charge is -2.07. The molecule has 2 heteroatoms. The van der Waals surface area contributed by atoms with E-state index < -0.39 is 0 Å². The average molecular weight is 241 g/mol. The summed E-state index contributed by atoms with van der Waals surface area (Å²) < 4.78 is 5.63. The standard InChI is InChI=1S/C15H31NO/c1-14(2)13-16-10-5-3-4-6-11-17-12-9-15-7-8-15/h14-16H,3-13H2,1-2H3. The monoisotopic (exact) mass is 241 g/mol. The van der Waals surface area contributed by atoms with Crippen LogP contribution in [0.5, 0.6) is 0 Å². The van der Waals surface area contributed by atoms with Crippen molar-refractivity contribution in [3.63, 3.8) is 0 Å². The number of hydrogen-bond donors (Lipinski definition) is 1. The van der Waals surface area contributed by atoms with Crippen LogP contribution in [0.1, 0.15) is 58.8 Å². The van der Waals surface area contributed by atoms with Crippen molar-refractivity contribution >= 4 is 0 Å². The van der Waals surface area contributed by atoms with Crippen molar-refractivity contribution in [1.29, 1.82) is 0 Å². The molecule has 0 atom stereocenters. The molecule has 0 amide bonds. The molecule has 0 radical (unpaired) electrons. The highest BCUT2D eigenvalue weighted by Gasteiger charge is 2.20. The van der Waals surface area contributed by atoms with Crippen LogP contribution in [0, 0.1) is 11.8 Å². The van der Waals surface area contributed by atoms with Gasteiger partial charge in [-0.2, -0.15) is 0 Å². The molecule has 0 aromatic rings. The third kappa shape index (κ3) is 10.8. The first kappa shape index (κ1) is 15.0. The summed E-state index contributed by atoms with van der Waals surface area (Å²) in [6.45, 7) is 8.83. The number of rotatable bonds is 12. The second-order valence-electron chi connectivity index (χ2n) is 5.86. The smallest absolute Gasteiger partial charge is 0.0468 e. The van der Waals surface area contributed by atoms with Gasteiger partial charge in [0.1, 0.15) is 0 Å². The highest BCUT2D eigenvalue weighted by molar-refractivity contribution is 4.72. The minimum Gasteiger partial charge on any atom is -0.381 e. The van der Waals surface area contributed by atoms with E-state index in [0.717, 1.165) is 31.6 Å². The molecule has 1 N–H and O–H groups in total. The molecule has 0 spiro atoms. The van der Waals surface area contributed by atoms with Gasteiger partial charge in [-0.3, -0.25) is 0 Å². The minimum absolute atomic E-state index is 0.773. The van der Waals surface area contributed by atoms with E-state index in [9.17, 15) is 0 Å². The molecule has 1 rings (SSSR count). The highest BCUT2D eigenvalue weighted by atomic mass is 16.5. The predicted molar refractivity (Wildman–Crippen MR) is 74.3 cm³/mol. The maximum Gasteiger partial charge on any atom is 0.0468 e. The van der Waals surface area contributed by atoms with Crippen LogP contribution in [-0.4, -0.2) is 26.3 Å². The topological polar surface area (TPSA) is 21.3 Å². The van der Waals surface area contributed by atoms with Gasteiger partial charge in [-0.25, -0.2) is 0 Å². The van der Waals surface area contributed by atoms with Crippen molar-refractivity contribution in [2.24, 2.45) is 11.8 Å². The lowest BCUT2D eigenvalue weighted by atomic mass is 10.2. The quantitative estimate of drug-likeness (QED) is 0.527. The Kier molecular flexibility index (Phi) is 8.72. The van der Waals surface area contributed by atoms with Gasteiger partial charge in [0, 0.05) is 13.2 Å². The molecule has 0 aromatic carbocycles. The van der Waals surface area contributed by atoms with Gasteiger partial charge < -0.3 is 10.1 Å². The minimum atomic E-state index is 0.773. The van der Waals surface area contributed by atoms with Crippen LogP contribution < -0.4 is 5.32 Å². The van der Waals surface area contributed by atoms with E-state index in [4.69, 9.17) is 4.74 Å². The molecule has 0 aliphatic heterocycles. The summed E-state index contributed by atoms with van der Waals surface area (Å²) in [5.41, 5.74) is 0. The van der Waals surface area contributed by atoms with Gasteiger partial charge in [0.15, 0.2) is 0 Å². The van der Waals surface area contributed by atoms with E-state index >= 15 is 0 Å². The molecular formula is C15H31NO. The van der Waals surface area contributed by atoms with Gasteiger partial charge >= 0.3 is 0 Å². The summed E-state index contributed by atoms with van der Waals surface area (Å²) in [4.78, 5) is 0. The van der Waals surface area contributed by atoms with Crippen molar-refractivity contribution in [2.45, 2.75) is 58.8 Å². The third-order valence-electron chi connectivity index (χ3n) is 3.31. The average Bonchev–Trinajstić information content (AvgIpc) is 3.09. The van der Waals surface area contributed by atoms with Crippen LogP contribution in [-0.2, 0) is 4.74 Å². The number of ether oxygens (including phenoxy) is 1. The van der Waals surface area contributed by atoms with Gasteiger partial charge in [0.05, 0.1) is 0 Å². The van der Waals surface area contributed by atoms with Crippen LogP contribution in [0.4, 0.5) is 0 Å². The van der Waals surface area contributed by atoms with Gasteiger partial charge in [-0.05, 0) is 44.2 Å².